The van der Waals surface area contributed by atoms with Gasteiger partial charge >= 0.3 is 18.0 Å². The Balaban J connectivity index is 1.42. The van der Waals surface area contributed by atoms with E-state index >= 15 is 0 Å². The maximum Gasteiger partial charge on any atom is 0.338 e. The predicted octanol–water partition coefficient (Wildman–Crippen LogP) is 2.37. The summed E-state index contributed by atoms with van der Waals surface area (Å²) in [5, 5.41) is 5.52. The van der Waals surface area contributed by atoms with E-state index in [4.69, 9.17) is 14.5 Å². The van der Waals surface area contributed by atoms with Crippen LogP contribution in [0, 0.1) is 18.6 Å². The number of piperazine rings is 1. The van der Waals surface area contributed by atoms with Crippen molar-refractivity contribution in [3.63, 3.8) is 0 Å². The number of amidine groups is 1. The Bertz CT molecular complexity index is 1490. The fourth-order valence-corrected chi connectivity index (χ4v) is 6.63. The Morgan fingerprint density at radius 1 is 1.14 bits per heavy atom. The molecule has 6 rings (SSSR count). The molecular weight excluding hydrogens is 570 g/mol. The van der Waals surface area contributed by atoms with Crippen molar-refractivity contribution >= 4 is 35.1 Å². The van der Waals surface area contributed by atoms with Gasteiger partial charge in [-0.15, -0.1) is 11.3 Å². The molecule has 2 amide bonds. The third-order valence-corrected chi connectivity index (χ3v) is 9.07. The lowest BCUT2D eigenvalue weighted by Crippen LogP contribution is -2.62. The van der Waals surface area contributed by atoms with Crippen LogP contribution in [0.3, 0.4) is 0 Å². The van der Waals surface area contributed by atoms with Gasteiger partial charge in [-0.3, -0.25) is 14.7 Å². The third-order valence-electron chi connectivity index (χ3n) is 8.29. The van der Waals surface area contributed by atoms with Crippen molar-refractivity contribution in [1.82, 2.24) is 25.0 Å². The van der Waals surface area contributed by atoms with Gasteiger partial charge in [0.15, 0.2) is 22.5 Å². The lowest BCUT2D eigenvalue weighted by atomic mass is 9.91. The van der Waals surface area contributed by atoms with Crippen LogP contribution in [0.15, 0.2) is 40.0 Å². The number of nitrogens with one attached hydrogen (secondary N) is 1. The first-order valence-electron chi connectivity index (χ1n) is 13.6. The van der Waals surface area contributed by atoms with Crippen LogP contribution >= 0.6 is 11.3 Å². The molecule has 2 saturated heterocycles. The maximum atomic E-state index is 14.7. The fourth-order valence-electron chi connectivity index (χ4n) is 6.04. The van der Waals surface area contributed by atoms with Crippen LogP contribution in [0.25, 0.3) is 0 Å². The Kier molecular flexibility index (Phi) is 7.43. The van der Waals surface area contributed by atoms with Crippen molar-refractivity contribution in [2.24, 2.45) is 4.99 Å². The van der Waals surface area contributed by atoms with Crippen LogP contribution in [-0.4, -0.2) is 102 Å². The molecule has 3 fully saturated rings. The Morgan fingerprint density at radius 2 is 1.93 bits per heavy atom. The molecule has 4 aliphatic rings. The number of nitrogens with zero attached hydrogens (tertiary/aromatic N) is 5. The number of urea groups is 1. The molecule has 0 radical (unpaired) electrons. The number of rotatable bonds is 7. The second-order valence-corrected chi connectivity index (χ2v) is 11.6. The molecule has 4 heterocycles. The molecule has 222 valence electrons. The molecule has 1 aromatic heterocycles. The zero-order valence-corrected chi connectivity index (χ0v) is 24.1. The number of aliphatic imine (C=N–C) groups is 1. The van der Waals surface area contributed by atoms with Crippen molar-refractivity contribution in [3.8, 4) is 0 Å². The molecule has 1 aliphatic carbocycles. The molecule has 3 aliphatic heterocycles. The lowest BCUT2D eigenvalue weighted by molar-refractivity contribution is -0.150. The second-order valence-electron chi connectivity index (χ2n) is 10.7. The Morgan fingerprint density at radius 3 is 2.60 bits per heavy atom. The van der Waals surface area contributed by atoms with Gasteiger partial charge in [0.2, 0.25) is 0 Å². The topological polar surface area (TPSA) is 117 Å². The molecule has 3 atom stereocenters. The van der Waals surface area contributed by atoms with Gasteiger partial charge in [0.25, 0.3) is 0 Å². The molecule has 2 aromatic rings. The van der Waals surface area contributed by atoms with Crippen molar-refractivity contribution in [2.75, 3.05) is 40.4 Å². The van der Waals surface area contributed by atoms with Gasteiger partial charge < -0.3 is 24.6 Å². The van der Waals surface area contributed by atoms with E-state index < -0.39 is 41.7 Å². The van der Waals surface area contributed by atoms with E-state index in [0.29, 0.717) is 36.2 Å². The highest BCUT2D eigenvalue weighted by molar-refractivity contribution is 7.11. The van der Waals surface area contributed by atoms with E-state index in [1.54, 1.807) is 16.5 Å². The first kappa shape index (κ1) is 28.2. The summed E-state index contributed by atoms with van der Waals surface area (Å²) in [7, 11) is 2.54. The van der Waals surface area contributed by atoms with E-state index in [0.717, 1.165) is 18.9 Å². The summed E-state index contributed by atoms with van der Waals surface area (Å²) in [6.45, 7) is 2.62. The molecule has 11 nitrogen and oxygen atoms in total. The number of thiazole rings is 1. The summed E-state index contributed by atoms with van der Waals surface area (Å²) in [4.78, 5) is 54.2. The highest BCUT2D eigenvalue weighted by Gasteiger charge is 2.53. The van der Waals surface area contributed by atoms with Crippen molar-refractivity contribution < 1.29 is 32.6 Å². The van der Waals surface area contributed by atoms with E-state index in [9.17, 15) is 23.2 Å². The number of carbonyl (C=O) groups is 3. The molecule has 0 spiro atoms. The summed E-state index contributed by atoms with van der Waals surface area (Å²) in [5.74, 6) is -2.91. The molecule has 0 bridgehead atoms. The standard InChI is InChI=1S/C28H30F2N6O5S/c1-14-16(6-7-17(29)21(14)30)22-20(26(37)40-2)18(32-24(33-22)25-31-8-11-42-25)12-34-9-10-35-19(23(34)27(38)41-3)13-36(28(35)39)15-4-5-15/h6-8,11,15,19,22-23H,4-5,9-10,12-13H2,1-3H3,(H,32,33)/t19-,22+,23+/m1/s1. The summed E-state index contributed by atoms with van der Waals surface area (Å²) in [6.07, 6.45) is 3.50. The van der Waals surface area contributed by atoms with Crippen LogP contribution in [0.4, 0.5) is 13.6 Å². The molecule has 1 saturated carbocycles. The summed E-state index contributed by atoms with van der Waals surface area (Å²) < 4.78 is 39.2. The van der Waals surface area contributed by atoms with Crippen molar-refractivity contribution in [3.05, 3.63) is 62.7 Å². The zero-order valence-electron chi connectivity index (χ0n) is 23.3. The minimum atomic E-state index is -1.04. The van der Waals surface area contributed by atoms with Gasteiger partial charge in [-0.25, -0.2) is 23.4 Å². The first-order chi connectivity index (χ1) is 20.2. The van der Waals surface area contributed by atoms with Gasteiger partial charge in [-0.05, 0) is 37.0 Å². The number of halogens is 2. The number of fused-ring (bicyclic) bond motifs is 1. The number of benzene rings is 1. The summed E-state index contributed by atoms with van der Waals surface area (Å²) in [5.41, 5.74) is 0.774. The number of amides is 2. The summed E-state index contributed by atoms with van der Waals surface area (Å²) in [6, 6.07) is 0.256. The molecule has 1 aromatic carbocycles. The highest BCUT2D eigenvalue weighted by atomic mass is 32.1. The zero-order chi connectivity index (χ0) is 29.7. The van der Waals surface area contributed by atoms with Crippen LogP contribution < -0.4 is 5.32 Å². The molecule has 1 N–H and O–H groups in total. The number of methoxy groups -OCH3 is 2. The number of esters is 2. The fraction of sp³-hybridized carbons (Fsp3) is 0.464. The Hall–Kier alpha value is -3.91. The maximum absolute atomic E-state index is 14.7. The average Bonchev–Trinajstić information content (AvgIpc) is 3.57. The van der Waals surface area contributed by atoms with Crippen LogP contribution in [0.1, 0.15) is 35.0 Å². The third kappa shape index (κ3) is 4.81. The molecular formula is C28H30F2N6O5S. The van der Waals surface area contributed by atoms with Gasteiger partial charge in [0.1, 0.15) is 12.1 Å². The second kappa shape index (κ2) is 11.1. The smallest absolute Gasteiger partial charge is 0.338 e. The lowest BCUT2D eigenvalue weighted by Gasteiger charge is -2.43. The van der Waals surface area contributed by atoms with Gasteiger partial charge in [0, 0.05) is 49.5 Å². The minimum absolute atomic E-state index is 0.00980. The first-order valence-corrected chi connectivity index (χ1v) is 14.5. The van der Waals surface area contributed by atoms with E-state index in [2.05, 4.69) is 10.3 Å². The Labute approximate surface area is 244 Å². The van der Waals surface area contributed by atoms with Crippen LogP contribution in [0.2, 0.25) is 0 Å². The number of hydrogen-bond donors (Lipinski definition) is 1. The number of ether oxygens (including phenoxy) is 2. The monoisotopic (exact) mass is 600 g/mol. The van der Waals surface area contributed by atoms with Crippen molar-refractivity contribution in [1.29, 1.82) is 0 Å². The molecule has 0 unspecified atom stereocenters. The number of carbonyl (C=O) groups excluding carboxylic acids is 3. The van der Waals surface area contributed by atoms with E-state index in [1.165, 1.54) is 38.5 Å². The predicted molar refractivity (Wildman–Crippen MR) is 148 cm³/mol. The normalized spacial score (nSPS) is 24.4. The van der Waals surface area contributed by atoms with E-state index in [-0.39, 0.29) is 35.3 Å². The SMILES string of the molecule is COC(=O)C1=C(CN2CCN3C(=O)N(C4CC4)C[C@@H]3[C@H]2C(=O)OC)NC(c2nccs2)=N[C@H]1c1ccc(F)c(F)c1C. The quantitative estimate of drug-likeness (QED) is 0.482. The molecule has 42 heavy (non-hydrogen) atoms. The van der Waals surface area contributed by atoms with E-state index in [1.807, 2.05) is 9.80 Å². The highest BCUT2D eigenvalue weighted by Crippen LogP contribution is 2.38. The molecule has 14 heteroatoms. The van der Waals surface area contributed by atoms with Gasteiger partial charge in [-0.1, -0.05) is 6.07 Å². The van der Waals surface area contributed by atoms with Crippen molar-refractivity contribution in [2.45, 2.75) is 43.9 Å². The van der Waals surface area contributed by atoms with Crippen LogP contribution in [-0.2, 0) is 19.1 Å². The number of hydrogen-bond acceptors (Lipinski definition) is 10. The minimum Gasteiger partial charge on any atom is -0.468 e. The van der Waals surface area contributed by atoms with Gasteiger partial charge in [0.05, 0.1) is 25.8 Å². The van der Waals surface area contributed by atoms with Crippen LogP contribution in [0.5, 0.6) is 0 Å². The average molecular weight is 601 g/mol. The largest absolute Gasteiger partial charge is 0.468 e. The van der Waals surface area contributed by atoms with Gasteiger partial charge in [-0.2, -0.15) is 0 Å². The summed E-state index contributed by atoms with van der Waals surface area (Å²) >= 11 is 1.32. The number of aromatic nitrogens is 1.